The molecular weight excluding hydrogens is 394 g/mol. The number of hydrogen-bond donors (Lipinski definition) is 1. The summed E-state index contributed by atoms with van der Waals surface area (Å²) in [4.78, 5) is 1.14. The summed E-state index contributed by atoms with van der Waals surface area (Å²) in [6, 6.07) is 5.94. The molecule has 0 bridgehead atoms. The van der Waals surface area contributed by atoms with E-state index in [4.69, 9.17) is 15.2 Å². The van der Waals surface area contributed by atoms with Crippen molar-refractivity contribution in [3.05, 3.63) is 23.9 Å². The summed E-state index contributed by atoms with van der Waals surface area (Å²) in [5.74, 6) is 3.10. The maximum atomic E-state index is 6.12. The largest absolute Gasteiger partial charge is 0.494 e. The van der Waals surface area contributed by atoms with Crippen molar-refractivity contribution in [3.63, 3.8) is 0 Å². The lowest BCUT2D eigenvalue weighted by atomic mass is 10.1. The van der Waals surface area contributed by atoms with Crippen molar-refractivity contribution in [2.24, 2.45) is 0 Å². The van der Waals surface area contributed by atoms with Crippen molar-refractivity contribution in [2.75, 3.05) is 25.7 Å². The number of nitrogens with two attached hydrogens (primary N) is 1. The molecule has 5 nitrogen and oxygen atoms in total. The van der Waals surface area contributed by atoms with Gasteiger partial charge in [0, 0.05) is 11.0 Å². The van der Waals surface area contributed by atoms with Crippen LogP contribution in [0.2, 0.25) is 0 Å². The van der Waals surface area contributed by atoms with Crippen molar-refractivity contribution in [1.29, 1.82) is 0 Å². The highest BCUT2D eigenvalue weighted by atomic mass is 32.2. The van der Waals surface area contributed by atoms with E-state index in [-0.39, 0.29) is 0 Å². The molecule has 30 heavy (non-hydrogen) atoms. The van der Waals surface area contributed by atoms with E-state index in [1.54, 1.807) is 18.9 Å². The van der Waals surface area contributed by atoms with E-state index in [1.165, 1.54) is 64.2 Å². The van der Waals surface area contributed by atoms with Gasteiger partial charge in [-0.05, 0) is 31.2 Å². The van der Waals surface area contributed by atoms with Gasteiger partial charge in [0.2, 0.25) is 0 Å². The topological polar surface area (TPSA) is 62.3 Å². The molecule has 0 spiro atoms. The normalized spacial score (nSPS) is 11.1. The van der Waals surface area contributed by atoms with Crippen LogP contribution in [0.1, 0.15) is 76.8 Å². The van der Waals surface area contributed by atoms with Crippen LogP contribution in [0.15, 0.2) is 23.1 Å². The minimum absolute atomic E-state index is 0.565. The first-order chi connectivity index (χ1) is 14.6. The van der Waals surface area contributed by atoms with Gasteiger partial charge in [-0.1, -0.05) is 64.7 Å². The predicted molar refractivity (Wildman–Crippen MR) is 128 cm³/mol. The Kier molecular flexibility index (Phi) is 11.0. The van der Waals surface area contributed by atoms with Crippen LogP contribution in [0.5, 0.6) is 11.5 Å². The molecule has 6 heteroatoms. The second-order valence-corrected chi connectivity index (χ2v) is 9.00. The van der Waals surface area contributed by atoms with Gasteiger partial charge in [-0.3, -0.25) is 0 Å². The lowest BCUT2D eigenvalue weighted by molar-refractivity contribution is 0.387. The van der Waals surface area contributed by atoms with E-state index < -0.39 is 0 Å². The van der Waals surface area contributed by atoms with Crippen LogP contribution >= 0.6 is 11.8 Å². The van der Waals surface area contributed by atoms with Gasteiger partial charge in [0.05, 0.1) is 19.9 Å². The Balaban J connectivity index is 1.82. The van der Waals surface area contributed by atoms with E-state index in [0.29, 0.717) is 5.82 Å². The van der Waals surface area contributed by atoms with Crippen molar-refractivity contribution in [3.8, 4) is 17.2 Å². The molecule has 0 aliphatic carbocycles. The number of nitrogen functional groups attached to an aromatic ring is 1. The third kappa shape index (κ3) is 7.46. The zero-order valence-corrected chi connectivity index (χ0v) is 20.0. The highest BCUT2D eigenvalue weighted by molar-refractivity contribution is 7.99. The fraction of sp³-hybridized carbons (Fsp3) is 0.625. The number of anilines is 1. The van der Waals surface area contributed by atoms with Crippen molar-refractivity contribution in [1.82, 2.24) is 9.78 Å². The van der Waals surface area contributed by atoms with Crippen molar-refractivity contribution in [2.45, 2.75) is 83.0 Å². The molecule has 168 valence electrons. The van der Waals surface area contributed by atoms with Crippen molar-refractivity contribution < 1.29 is 9.47 Å². The number of unbranched alkanes of at least 4 members (excludes halogenated alkanes) is 9. The highest BCUT2D eigenvalue weighted by Gasteiger charge is 2.18. The van der Waals surface area contributed by atoms with Crippen LogP contribution in [-0.4, -0.2) is 29.8 Å². The molecule has 0 saturated heterocycles. The van der Waals surface area contributed by atoms with Gasteiger partial charge in [0.15, 0.2) is 5.69 Å². The summed E-state index contributed by atoms with van der Waals surface area (Å²) in [5.41, 5.74) is 7.72. The smallest absolute Gasteiger partial charge is 0.151 e. The highest BCUT2D eigenvalue weighted by Crippen LogP contribution is 2.38. The molecule has 0 aliphatic heterocycles. The van der Waals surface area contributed by atoms with Gasteiger partial charge in [-0.2, -0.15) is 5.10 Å². The summed E-state index contributed by atoms with van der Waals surface area (Å²) >= 11 is 1.85. The van der Waals surface area contributed by atoms with Crippen LogP contribution in [0.4, 0.5) is 5.82 Å². The van der Waals surface area contributed by atoms with E-state index in [0.717, 1.165) is 33.5 Å². The summed E-state index contributed by atoms with van der Waals surface area (Å²) in [6.07, 6.45) is 13.6. The average molecular weight is 434 g/mol. The monoisotopic (exact) mass is 433 g/mol. The first-order valence-corrected chi connectivity index (χ1v) is 12.3. The van der Waals surface area contributed by atoms with Crippen molar-refractivity contribution >= 4 is 17.6 Å². The number of hydrogen-bond acceptors (Lipinski definition) is 5. The summed E-state index contributed by atoms with van der Waals surface area (Å²) in [7, 11) is 3.34. The van der Waals surface area contributed by atoms with Gasteiger partial charge in [0.25, 0.3) is 0 Å². The number of nitrogens with zero attached hydrogens (tertiary/aromatic N) is 2. The Hall–Kier alpha value is -1.82. The SMILES string of the molecule is CCCCCCCCCCCCSc1cc(OC)c(-n2nc(C)cc2N)c(OC)c1. The zero-order chi connectivity index (χ0) is 21.8. The minimum Gasteiger partial charge on any atom is -0.494 e. The third-order valence-electron chi connectivity index (χ3n) is 5.29. The second-order valence-electron chi connectivity index (χ2n) is 7.83. The third-order valence-corrected chi connectivity index (χ3v) is 6.35. The summed E-state index contributed by atoms with van der Waals surface area (Å²) in [5, 5.41) is 4.48. The Bertz CT molecular complexity index is 736. The van der Waals surface area contributed by atoms with Gasteiger partial charge in [0.1, 0.15) is 17.3 Å². The van der Waals surface area contributed by atoms with Gasteiger partial charge in [-0.15, -0.1) is 11.8 Å². The second kappa shape index (κ2) is 13.5. The fourth-order valence-corrected chi connectivity index (χ4v) is 4.60. The Morgan fingerprint density at radius 2 is 1.40 bits per heavy atom. The number of benzene rings is 1. The first kappa shape index (κ1) is 24.4. The quantitative estimate of drug-likeness (QED) is 0.247. The predicted octanol–water partition coefficient (Wildman–Crippen LogP) is 6.79. The van der Waals surface area contributed by atoms with Gasteiger partial charge < -0.3 is 15.2 Å². The number of methoxy groups -OCH3 is 2. The lowest BCUT2D eigenvalue weighted by Gasteiger charge is -2.16. The molecular formula is C24H39N3O2S. The Morgan fingerprint density at radius 1 is 0.867 bits per heavy atom. The molecule has 2 N–H and O–H groups in total. The molecule has 1 aromatic carbocycles. The molecule has 2 aromatic rings. The zero-order valence-electron chi connectivity index (χ0n) is 19.2. The molecule has 0 unspecified atom stereocenters. The molecule has 0 radical (unpaired) electrons. The van der Waals surface area contributed by atoms with Crippen LogP contribution < -0.4 is 15.2 Å². The summed E-state index contributed by atoms with van der Waals surface area (Å²) < 4.78 is 13.0. The van der Waals surface area contributed by atoms with Crippen LogP contribution in [-0.2, 0) is 0 Å². The van der Waals surface area contributed by atoms with Crippen LogP contribution in [0.3, 0.4) is 0 Å². The molecule has 0 aliphatic rings. The lowest BCUT2D eigenvalue weighted by Crippen LogP contribution is -2.06. The number of aromatic nitrogens is 2. The van der Waals surface area contributed by atoms with Gasteiger partial charge >= 0.3 is 0 Å². The number of aryl methyl sites for hydroxylation is 1. The fourth-order valence-electron chi connectivity index (χ4n) is 3.64. The molecule has 0 atom stereocenters. The molecule has 2 rings (SSSR count). The van der Waals surface area contributed by atoms with Crippen LogP contribution in [0.25, 0.3) is 5.69 Å². The van der Waals surface area contributed by atoms with E-state index >= 15 is 0 Å². The van der Waals surface area contributed by atoms with Gasteiger partial charge in [-0.25, -0.2) is 4.68 Å². The maximum absolute atomic E-state index is 6.12. The number of rotatable bonds is 15. The van der Waals surface area contributed by atoms with E-state index in [2.05, 4.69) is 24.2 Å². The Morgan fingerprint density at radius 3 is 1.87 bits per heavy atom. The molecule has 1 heterocycles. The van der Waals surface area contributed by atoms with E-state index in [9.17, 15) is 0 Å². The maximum Gasteiger partial charge on any atom is 0.151 e. The Labute approximate surface area is 186 Å². The van der Waals surface area contributed by atoms with Crippen LogP contribution in [0, 0.1) is 6.92 Å². The summed E-state index contributed by atoms with van der Waals surface area (Å²) in [6.45, 7) is 4.19. The number of thioether (sulfide) groups is 1. The average Bonchev–Trinajstić information content (AvgIpc) is 3.08. The molecule has 0 amide bonds. The molecule has 0 saturated carbocycles. The molecule has 1 aromatic heterocycles. The molecule has 0 fully saturated rings. The standard InChI is InChI=1S/C24H39N3O2S/c1-5-6-7-8-9-10-11-12-13-14-15-30-20-17-21(28-3)24(22(18-20)29-4)27-23(25)16-19(2)26-27/h16-18H,5-15,25H2,1-4H3. The minimum atomic E-state index is 0.565. The van der Waals surface area contributed by atoms with E-state index in [1.807, 2.05) is 24.8 Å². The first-order valence-electron chi connectivity index (χ1n) is 11.3. The number of ether oxygens (including phenoxy) is 2.